The predicted molar refractivity (Wildman–Crippen MR) is 93.7 cm³/mol. The number of amides is 1. The molecule has 4 heterocycles. The van der Waals surface area contributed by atoms with Crippen LogP contribution in [0.3, 0.4) is 0 Å². The van der Waals surface area contributed by atoms with Crippen molar-refractivity contribution in [1.82, 2.24) is 9.99 Å². The number of hydrogen-bond acceptors (Lipinski definition) is 8. The molecule has 0 atom stereocenters. The van der Waals surface area contributed by atoms with Gasteiger partial charge in [0.25, 0.3) is 5.91 Å². The average Bonchev–Trinajstić information content (AvgIpc) is 3.26. The van der Waals surface area contributed by atoms with Crippen LogP contribution >= 0.6 is 11.8 Å². The van der Waals surface area contributed by atoms with E-state index in [2.05, 4.69) is 15.1 Å². The zero-order chi connectivity index (χ0) is 18.3. The van der Waals surface area contributed by atoms with E-state index < -0.39 is 16.7 Å². The third-order valence-corrected chi connectivity index (χ3v) is 4.40. The largest absolute Gasteiger partial charge is 0.433 e. The SMILES string of the molecule is N=C1/C(=C/c2ccc([N+](=O)[O-])o2)C(=O)N=C2SC(c3cccnc3)=NN12. The minimum absolute atomic E-state index is 0.0743. The second-order valence-electron chi connectivity index (χ2n) is 5.10. The van der Waals surface area contributed by atoms with Gasteiger partial charge in [0.2, 0.25) is 5.17 Å². The van der Waals surface area contributed by atoms with Crippen molar-refractivity contribution >= 4 is 45.7 Å². The zero-order valence-electron chi connectivity index (χ0n) is 12.8. The van der Waals surface area contributed by atoms with E-state index >= 15 is 0 Å². The van der Waals surface area contributed by atoms with Crippen molar-refractivity contribution in [2.75, 3.05) is 0 Å². The first-order valence-electron chi connectivity index (χ1n) is 7.18. The summed E-state index contributed by atoms with van der Waals surface area (Å²) in [5.74, 6) is -1.21. The normalized spacial score (nSPS) is 18.0. The number of amidine groups is 2. The molecular weight excluding hydrogens is 360 g/mol. The Bertz CT molecular complexity index is 1040. The molecule has 2 aliphatic rings. The number of nitrogens with zero attached hydrogens (tertiary/aromatic N) is 5. The first-order chi connectivity index (χ1) is 12.5. The summed E-state index contributed by atoms with van der Waals surface area (Å²) in [6.07, 6.45) is 4.48. The van der Waals surface area contributed by atoms with E-state index in [1.54, 1.807) is 18.5 Å². The van der Waals surface area contributed by atoms with Gasteiger partial charge in [-0.3, -0.25) is 25.3 Å². The van der Waals surface area contributed by atoms with Crippen LogP contribution in [-0.2, 0) is 4.79 Å². The molecule has 10 nitrogen and oxygen atoms in total. The van der Waals surface area contributed by atoms with Gasteiger partial charge in [0.05, 0.1) is 11.6 Å². The number of pyridine rings is 1. The monoisotopic (exact) mass is 368 g/mol. The van der Waals surface area contributed by atoms with Crippen LogP contribution in [0.2, 0.25) is 0 Å². The van der Waals surface area contributed by atoms with Gasteiger partial charge in [0.15, 0.2) is 5.84 Å². The zero-order valence-corrected chi connectivity index (χ0v) is 13.6. The van der Waals surface area contributed by atoms with Gasteiger partial charge in [-0.05, 0) is 36.0 Å². The minimum atomic E-state index is -0.687. The lowest BCUT2D eigenvalue weighted by molar-refractivity contribution is -0.402. The summed E-state index contributed by atoms with van der Waals surface area (Å²) in [6.45, 7) is 0. The van der Waals surface area contributed by atoms with Gasteiger partial charge in [-0.1, -0.05) is 0 Å². The number of hydrogen-bond donors (Lipinski definition) is 1. The fourth-order valence-electron chi connectivity index (χ4n) is 2.26. The topological polar surface area (TPSA) is 138 Å². The van der Waals surface area contributed by atoms with Gasteiger partial charge in [-0.15, -0.1) is 0 Å². The highest BCUT2D eigenvalue weighted by atomic mass is 32.2. The summed E-state index contributed by atoms with van der Waals surface area (Å²) >= 11 is 1.16. The van der Waals surface area contributed by atoms with Gasteiger partial charge in [0.1, 0.15) is 15.7 Å². The molecule has 0 spiro atoms. The number of hydrazone groups is 1. The fraction of sp³-hybridized carbons (Fsp3) is 0. The van der Waals surface area contributed by atoms with Gasteiger partial charge in [-0.25, -0.2) is 0 Å². The molecule has 128 valence electrons. The van der Waals surface area contributed by atoms with E-state index in [-0.39, 0.29) is 22.3 Å². The number of rotatable bonds is 3. The predicted octanol–water partition coefficient (Wildman–Crippen LogP) is 2.25. The van der Waals surface area contributed by atoms with E-state index in [0.29, 0.717) is 5.04 Å². The smallest absolute Gasteiger partial charge is 0.401 e. The molecule has 0 fully saturated rings. The van der Waals surface area contributed by atoms with Crippen molar-refractivity contribution in [2.24, 2.45) is 10.1 Å². The molecule has 0 bridgehead atoms. The molecule has 0 saturated carbocycles. The van der Waals surface area contributed by atoms with E-state index in [4.69, 9.17) is 9.83 Å². The summed E-state index contributed by atoms with van der Waals surface area (Å²) in [5.41, 5.74) is 0.664. The fourth-order valence-corrected chi connectivity index (χ4v) is 3.14. The third kappa shape index (κ3) is 2.69. The maximum absolute atomic E-state index is 12.3. The highest BCUT2D eigenvalue weighted by molar-refractivity contribution is 8.27. The first-order valence-corrected chi connectivity index (χ1v) is 7.99. The minimum Gasteiger partial charge on any atom is -0.401 e. The van der Waals surface area contributed by atoms with E-state index in [9.17, 15) is 14.9 Å². The summed E-state index contributed by atoms with van der Waals surface area (Å²) in [7, 11) is 0. The lowest BCUT2D eigenvalue weighted by Gasteiger charge is -2.19. The molecule has 4 rings (SSSR count). The Morgan fingerprint density at radius 1 is 1.35 bits per heavy atom. The Balaban J connectivity index is 1.68. The number of nitrogens with one attached hydrogen (secondary N) is 1. The van der Waals surface area contributed by atoms with E-state index in [1.807, 2.05) is 6.07 Å². The highest BCUT2D eigenvalue weighted by Crippen LogP contribution is 2.31. The summed E-state index contributed by atoms with van der Waals surface area (Å²) in [4.78, 5) is 30.2. The average molecular weight is 368 g/mol. The van der Waals surface area contributed by atoms with Crippen molar-refractivity contribution < 1.29 is 14.1 Å². The molecule has 0 unspecified atom stereocenters. The molecule has 0 saturated heterocycles. The Kier molecular flexibility index (Phi) is 3.69. The summed E-state index contributed by atoms with van der Waals surface area (Å²) in [6, 6.07) is 6.07. The molecule has 1 amide bonds. The molecule has 1 N–H and O–H groups in total. The first kappa shape index (κ1) is 15.9. The van der Waals surface area contributed by atoms with Crippen LogP contribution in [-0.4, -0.2) is 36.9 Å². The number of fused-ring (bicyclic) bond motifs is 1. The summed E-state index contributed by atoms with van der Waals surface area (Å²) in [5, 5.41) is 25.3. The van der Waals surface area contributed by atoms with Crippen molar-refractivity contribution in [3.63, 3.8) is 0 Å². The molecular formula is C15H8N6O4S. The molecule has 2 aliphatic heterocycles. The summed E-state index contributed by atoms with van der Waals surface area (Å²) < 4.78 is 5.01. The van der Waals surface area contributed by atoms with Crippen LogP contribution < -0.4 is 0 Å². The molecule has 26 heavy (non-hydrogen) atoms. The quantitative estimate of drug-likeness (QED) is 0.498. The van der Waals surface area contributed by atoms with Gasteiger partial charge in [-0.2, -0.15) is 15.1 Å². The van der Waals surface area contributed by atoms with Crippen LogP contribution in [0.5, 0.6) is 0 Å². The van der Waals surface area contributed by atoms with Crippen molar-refractivity contribution in [2.45, 2.75) is 0 Å². The van der Waals surface area contributed by atoms with Gasteiger partial charge >= 0.3 is 5.88 Å². The third-order valence-electron chi connectivity index (χ3n) is 3.44. The lowest BCUT2D eigenvalue weighted by Crippen LogP contribution is -2.35. The van der Waals surface area contributed by atoms with Crippen LogP contribution in [0.4, 0.5) is 5.88 Å². The number of thioether (sulfide) groups is 1. The number of aliphatic imine (C=N–C) groups is 1. The maximum atomic E-state index is 12.3. The van der Waals surface area contributed by atoms with Crippen LogP contribution in [0.25, 0.3) is 6.08 Å². The molecule has 2 aromatic rings. The number of carbonyl (C=O) groups excluding carboxylic acids is 1. The Morgan fingerprint density at radius 2 is 2.19 bits per heavy atom. The molecule has 0 radical (unpaired) electrons. The Labute approximate surface area is 149 Å². The van der Waals surface area contributed by atoms with Crippen molar-refractivity contribution in [3.8, 4) is 0 Å². The highest BCUT2D eigenvalue weighted by Gasteiger charge is 2.36. The number of carbonyl (C=O) groups is 1. The van der Waals surface area contributed by atoms with Crippen LogP contribution in [0, 0.1) is 15.5 Å². The Hall–Kier alpha value is -3.60. The van der Waals surface area contributed by atoms with Crippen molar-refractivity contribution in [1.29, 1.82) is 5.41 Å². The molecule has 2 aromatic heterocycles. The van der Waals surface area contributed by atoms with E-state index in [1.165, 1.54) is 23.2 Å². The number of furan rings is 1. The number of aromatic nitrogens is 1. The molecule has 0 aromatic carbocycles. The lowest BCUT2D eigenvalue weighted by atomic mass is 10.1. The van der Waals surface area contributed by atoms with Crippen molar-refractivity contribution in [3.05, 3.63) is 63.7 Å². The second-order valence-corrected chi connectivity index (χ2v) is 6.06. The maximum Gasteiger partial charge on any atom is 0.433 e. The van der Waals surface area contributed by atoms with Gasteiger partial charge < -0.3 is 4.42 Å². The van der Waals surface area contributed by atoms with Gasteiger partial charge in [0, 0.05) is 18.0 Å². The molecule has 11 heteroatoms. The molecule has 0 aliphatic carbocycles. The number of nitro groups is 1. The Morgan fingerprint density at radius 3 is 2.88 bits per heavy atom. The van der Waals surface area contributed by atoms with E-state index in [0.717, 1.165) is 17.3 Å². The second kappa shape index (κ2) is 6.04. The van der Waals surface area contributed by atoms with Crippen LogP contribution in [0.1, 0.15) is 11.3 Å². The van der Waals surface area contributed by atoms with Crippen LogP contribution in [0.15, 0.2) is 56.7 Å². The standard InChI is InChI=1S/C15H8N6O4S/c16-12-10(6-9-3-4-11(25-9)21(23)24)13(22)18-15-20(12)19-14(26-15)8-2-1-5-17-7-8/h1-7,16H/b10-6-,16-12?.